The molecule has 1 aromatic carbocycles. The summed E-state index contributed by atoms with van der Waals surface area (Å²) in [5.74, 6) is 1.09. The molecule has 1 fully saturated rings. The lowest BCUT2D eigenvalue weighted by Gasteiger charge is -2.48. The van der Waals surface area contributed by atoms with Crippen LogP contribution in [0.5, 0.6) is 11.5 Å². The van der Waals surface area contributed by atoms with Crippen LogP contribution in [0.15, 0.2) is 18.2 Å². The van der Waals surface area contributed by atoms with E-state index in [1.165, 1.54) is 19.3 Å². The zero-order valence-corrected chi connectivity index (χ0v) is 12.9. The molecule has 0 amide bonds. The fourth-order valence-corrected chi connectivity index (χ4v) is 2.83. The summed E-state index contributed by atoms with van der Waals surface area (Å²) in [4.78, 5) is 2.32. The lowest BCUT2D eigenvalue weighted by Crippen LogP contribution is -2.56. The number of phenols is 1. The molecule has 0 aromatic heterocycles. The SMILES string of the molecule is COc1ccc(O)c(C(C)NCC2(N(C)C)CCC2)c1. The minimum atomic E-state index is 0.0996. The first kappa shape index (κ1) is 15.1. The summed E-state index contributed by atoms with van der Waals surface area (Å²) in [5.41, 5.74) is 1.17. The fraction of sp³-hybridized carbons (Fsp3) is 0.625. The number of hydrogen-bond donors (Lipinski definition) is 2. The van der Waals surface area contributed by atoms with E-state index in [-0.39, 0.29) is 11.6 Å². The second-order valence-corrected chi connectivity index (χ2v) is 6.00. The molecule has 0 spiro atoms. The molecule has 1 aliphatic carbocycles. The molecular formula is C16H26N2O2. The smallest absolute Gasteiger partial charge is 0.120 e. The largest absolute Gasteiger partial charge is 0.508 e. The number of rotatable bonds is 6. The third-order valence-electron chi connectivity index (χ3n) is 4.67. The Kier molecular flexibility index (Phi) is 4.55. The van der Waals surface area contributed by atoms with Crippen LogP contribution in [0.1, 0.15) is 37.8 Å². The van der Waals surface area contributed by atoms with E-state index in [1.54, 1.807) is 19.2 Å². The molecule has 0 radical (unpaired) electrons. The summed E-state index contributed by atoms with van der Waals surface area (Å²) in [6.07, 6.45) is 3.78. The van der Waals surface area contributed by atoms with Gasteiger partial charge in [-0.15, -0.1) is 0 Å². The summed E-state index contributed by atoms with van der Waals surface area (Å²) in [6, 6.07) is 5.47. The number of hydrogen-bond acceptors (Lipinski definition) is 4. The van der Waals surface area contributed by atoms with Gasteiger partial charge in [0, 0.05) is 23.7 Å². The Morgan fingerprint density at radius 2 is 2.10 bits per heavy atom. The zero-order chi connectivity index (χ0) is 14.8. The lowest BCUT2D eigenvalue weighted by atomic mass is 9.75. The van der Waals surface area contributed by atoms with Gasteiger partial charge in [-0.05, 0) is 58.5 Å². The molecule has 4 heteroatoms. The predicted octanol–water partition coefficient (Wildman–Crippen LogP) is 2.54. The summed E-state index contributed by atoms with van der Waals surface area (Å²) in [5, 5.41) is 13.6. The second-order valence-electron chi connectivity index (χ2n) is 6.00. The first-order valence-corrected chi connectivity index (χ1v) is 7.26. The summed E-state index contributed by atoms with van der Waals surface area (Å²) in [7, 11) is 5.94. The van der Waals surface area contributed by atoms with Gasteiger partial charge >= 0.3 is 0 Å². The molecular weight excluding hydrogens is 252 g/mol. The van der Waals surface area contributed by atoms with Gasteiger partial charge in [0.1, 0.15) is 11.5 Å². The van der Waals surface area contributed by atoms with E-state index >= 15 is 0 Å². The standard InChI is InChI=1S/C16H26N2O2/c1-12(14-10-13(20-4)6-7-15(14)19)17-11-16(18(2)3)8-5-9-16/h6-7,10,12,17,19H,5,8-9,11H2,1-4H3. The first-order valence-electron chi connectivity index (χ1n) is 7.26. The maximum absolute atomic E-state index is 10.0. The van der Waals surface area contributed by atoms with Gasteiger partial charge in [-0.2, -0.15) is 0 Å². The van der Waals surface area contributed by atoms with E-state index in [9.17, 15) is 5.11 Å². The molecule has 0 heterocycles. The van der Waals surface area contributed by atoms with Crippen molar-refractivity contribution in [1.82, 2.24) is 10.2 Å². The number of nitrogens with one attached hydrogen (secondary N) is 1. The van der Waals surface area contributed by atoms with Gasteiger partial charge in [0.05, 0.1) is 7.11 Å². The van der Waals surface area contributed by atoms with Crippen LogP contribution in [0.4, 0.5) is 0 Å². The van der Waals surface area contributed by atoms with Gasteiger partial charge in [-0.1, -0.05) is 0 Å². The van der Waals surface area contributed by atoms with E-state index in [1.807, 2.05) is 6.07 Å². The van der Waals surface area contributed by atoms with Crippen molar-refractivity contribution in [1.29, 1.82) is 0 Å². The van der Waals surface area contributed by atoms with Crippen LogP contribution in [0.3, 0.4) is 0 Å². The molecule has 0 aliphatic heterocycles. The highest BCUT2D eigenvalue weighted by Crippen LogP contribution is 2.36. The molecule has 1 aliphatic rings. The van der Waals surface area contributed by atoms with E-state index in [2.05, 4.69) is 31.2 Å². The zero-order valence-electron chi connectivity index (χ0n) is 12.9. The highest BCUT2D eigenvalue weighted by Gasteiger charge is 2.38. The van der Waals surface area contributed by atoms with Crippen molar-refractivity contribution in [2.45, 2.75) is 37.8 Å². The Balaban J connectivity index is 2.03. The number of aromatic hydroxyl groups is 1. The topological polar surface area (TPSA) is 44.7 Å². The number of nitrogens with zero attached hydrogens (tertiary/aromatic N) is 1. The van der Waals surface area contributed by atoms with Crippen molar-refractivity contribution in [3.05, 3.63) is 23.8 Å². The van der Waals surface area contributed by atoms with Gasteiger partial charge in [-0.3, -0.25) is 0 Å². The molecule has 0 saturated heterocycles. The molecule has 4 nitrogen and oxygen atoms in total. The predicted molar refractivity (Wildman–Crippen MR) is 81.3 cm³/mol. The third kappa shape index (κ3) is 2.91. The highest BCUT2D eigenvalue weighted by molar-refractivity contribution is 5.41. The number of methoxy groups -OCH3 is 1. The third-order valence-corrected chi connectivity index (χ3v) is 4.67. The first-order chi connectivity index (χ1) is 9.48. The average Bonchev–Trinajstić information content (AvgIpc) is 2.37. The summed E-state index contributed by atoms with van der Waals surface area (Å²) >= 11 is 0. The Bertz CT molecular complexity index is 456. The Morgan fingerprint density at radius 1 is 1.40 bits per heavy atom. The fourth-order valence-electron chi connectivity index (χ4n) is 2.83. The van der Waals surface area contributed by atoms with Crippen LogP contribution in [-0.4, -0.2) is 43.3 Å². The van der Waals surface area contributed by atoms with Crippen LogP contribution in [0.25, 0.3) is 0 Å². The van der Waals surface area contributed by atoms with Crippen molar-refractivity contribution in [2.75, 3.05) is 27.7 Å². The van der Waals surface area contributed by atoms with Crippen LogP contribution in [0, 0.1) is 0 Å². The molecule has 1 atom stereocenters. The number of phenolic OH excluding ortho intramolecular Hbond substituents is 1. The monoisotopic (exact) mass is 278 g/mol. The second kappa shape index (κ2) is 6.02. The minimum Gasteiger partial charge on any atom is -0.508 e. The van der Waals surface area contributed by atoms with Gasteiger partial charge in [-0.25, -0.2) is 0 Å². The van der Waals surface area contributed by atoms with Gasteiger partial charge in [0.15, 0.2) is 0 Å². The number of ether oxygens (including phenoxy) is 1. The molecule has 1 aromatic rings. The van der Waals surface area contributed by atoms with Gasteiger partial charge in [0.25, 0.3) is 0 Å². The Hall–Kier alpha value is -1.26. The van der Waals surface area contributed by atoms with Crippen LogP contribution in [-0.2, 0) is 0 Å². The molecule has 0 bridgehead atoms. The van der Waals surface area contributed by atoms with Crippen LogP contribution >= 0.6 is 0 Å². The molecule has 2 rings (SSSR count). The lowest BCUT2D eigenvalue weighted by molar-refractivity contribution is 0.0575. The number of likely N-dealkylation sites (N-methyl/N-ethyl adjacent to an activating group) is 1. The molecule has 2 N–H and O–H groups in total. The highest BCUT2D eigenvalue weighted by atomic mass is 16.5. The number of benzene rings is 1. The van der Waals surface area contributed by atoms with E-state index < -0.39 is 0 Å². The summed E-state index contributed by atoms with van der Waals surface area (Å²) in [6.45, 7) is 3.02. The molecule has 1 unspecified atom stereocenters. The Labute approximate surface area is 121 Å². The minimum absolute atomic E-state index is 0.0996. The van der Waals surface area contributed by atoms with Gasteiger partial charge < -0.3 is 20.1 Å². The average molecular weight is 278 g/mol. The van der Waals surface area contributed by atoms with Crippen molar-refractivity contribution in [3.8, 4) is 11.5 Å². The van der Waals surface area contributed by atoms with Crippen LogP contribution < -0.4 is 10.1 Å². The summed E-state index contributed by atoms with van der Waals surface area (Å²) < 4.78 is 5.23. The normalized spacial score (nSPS) is 18.6. The molecule has 1 saturated carbocycles. The van der Waals surface area contributed by atoms with E-state index in [4.69, 9.17) is 4.74 Å². The van der Waals surface area contributed by atoms with Crippen molar-refractivity contribution in [2.24, 2.45) is 0 Å². The quantitative estimate of drug-likeness (QED) is 0.839. The van der Waals surface area contributed by atoms with Gasteiger partial charge in [0.2, 0.25) is 0 Å². The molecule has 20 heavy (non-hydrogen) atoms. The van der Waals surface area contributed by atoms with E-state index in [0.717, 1.165) is 17.9 Å². The van der Waals surface area contributed by atoms with Crippen molar-refractivity contribution < 1.29 is 9.84 Å². The van der Waals surface area contributed by atoms with Crippen molar-refractivity contribution in [3.63, 3.8) is 0 Å². The molecule has 112 valence electrons. The van der Waals surface area contributed by atoms with E-state index in [0.29, 0.717) is 5.75 Å². The van der Waals surface area contributed by atoms with Crippen molar-refractivity contribution >= 4 is 0 Å². The maximum Gasteiger partial charge on any atom is 0.120 e. The van der Waals surface area contributed by atoms with Crippen LogP contribution in [0.2, 0.25) is 0 Å². The maximum atomic E-state index is 10.0. The Morgan fingerprint density at radius 3 is 2.60 bits per heavy atom.